The molecule has 1 N–H and O–H groups in total. The van der Waals surface area contributed by atoms with Gasteiger partial charge < -0.3 is 14.6 Å². The van der Waals surface area contributed by atoms with Gasteiger partial charge in [0.2, 0.25) is 0 Å². The summed E-state index contributed by atoms with van der Waals surface area (Å²) >= 11 is 0. The van der Waals surface area contributed by atoms with Crippen LogP contribution in [0.2, 0.25) is 0 Å². The van der Waals surface area contributed by atoms with Crippen LogP contribution in [0.25, 0.3) is 0 Å². The van der Waals surface area contributed by atoms with Gasteiger partial charge in [0.25, 0.3) is 0 Å². The van der Waals surface area contributed by atoms with Crippen molar-refractivity contribution in [2.24, 2.45) is 0 Å². The predicted octanol–water partition coefficient (Wildman–Crippen LogP) is 3.48. The SMILES string of the molecule is COc1cccc(C2(O)CCCN(CCOc3ccccc3)C2)c1.Cl. The van der Waals surface area contributed by atoms with Gasteiger partial charge >= 0.3 is 0 Å². The van der Waals surface area contributed by atoms with E-state index in [9.17, 15) is 5.11 Å². The third-order valence-corrected chi connectivity index (χ3v) is 4.58. The van der Waals surface area contributed by atoms with Crippen LogP contribution in [0.15, 0.2) is 54.6 Å². The number of methoxy groups -OCH3 is 1. The van der Waals surface area contributed by atoms with Crippen molar-refractivity contribution in [2.75, 3.05) is 33.4 Å². The van der Waals surface area contributed by atoms with Gasteiger partial charge in [-0.25, -0.2) is 0 Å². The molecule has 136 valence electrons. The van der Waals surface area contributed by atoms with Gasteiger partial charge in [-0.15, -0.1) is 12.4 Å². The Morgan fingerprint density at radius 1 is 1.08 bits per heavy atom. The number of benzene rings is 2. The highest BCUT2D eigenvalue weighted by molar-refractivity contribution is 5.85. The topological polar surface area (TPSA) is 41.9 Å². The van der Waals surface area contributed by atoms with Crippen LogP contribution >= 0.6 is 12.4 Å². The molecule has 0 radical (unpaired) electrons. The van der Waals surface area contributed by atoms with Crippen LogP contribution in [-0.2, 0) is 5.60 Å². The summed E-state index contributed by atoms with van der Waals surface area (Å²) in [6.07, 6.45) is 1.75. The van der Waals surface area contributed by atoms with Crippen molar-refractivity contribution in [3.8, 4) is 11.5 Å². The van der Waals surface area contributed by atoms with Crippen molar-refractivity contribution in [1.82, 2.24) is 4.90 Å². The van der Waals surface area contributed by atoms with Crippen LogP contribution in [0.3, 0.4) is 0 Å². The van der Waals surface area contributed by atoms with Crippen LogP contribution in [0.5, 0.6) is 11.5 Å². The van der Waals surface area contributed by atoms with Crippen molar-refractivity contribution < 1.29 is 14.6 Å². The monoisotopic (exact) mass is 363 g/mol. The van der Waals surface area contributed by atoms with Gasteiger partial charge in [0.15, 0.2) is 0 Å². The number of β-amino-alcohol motifs (C(OH)–C–C–N with tert-alkyl or cyclic N) is 1. The molecular formula is C20H26ClNO3. The molecule has 1 aliphatic heterocycles. The molecule has 2 aromatic carbocycles. The molecule has 0 bridgehead atoms. The molecule has 0 saturated carbocycles. The van der Waals surface area contributed by atoms with Crippen LogP contribution in [-0.4, -0.2) is 43.4 Å². The van der Waals surface area contributed by atoms with Crippen molar-refractivity contribution in [3.63, 3.8) is 0 Å². The van der Waals surface area contributed by atoms with Gasteiger partial charge in [-0.1, -0.05) is 30.3 Å². The second kappa shape index (κ2) is 9.09. The molecule has 3 rings (SSSR count). The zero-order valence-electron chi connectivity index (χ0n) is 14.6. The van der Waals surface area contributed by atoms with Crippen molar-refractivity contribution in [2.45, 2.75) is 18.4 Å². The molecule has 1 saturated heterocycles. The van der Waals surface area contributed by atoms with E-state index in [0.29, 0.717) is 13.2 Å². The molecule has 1 aliphatic rings. The molecule has 1 fully saturated rings. The molecule has 1 unspecified atom stereocenters. The molecule has 4 nitrogen and oxygen atoms in total. The lowest BCUT2D eigenvalue weighted by Gasteiger charge is -2.39. The summed E-state index contributed by atoms with van der Waals surface area (Å²) < 4.78 is 11.1. The Balaban J connectivity index is 0.00000225. The maximum Gasteiger partial charge on any atom is 0.119 e. The second-order valence-electron chi connectivity index (χ2n) is 6.30. The zero-order valence-corrected chi connectivity index (χ0v) is 15.4. The van der Waals surface area contributed by atoms with E-state index in [4.69, 9.17) is 9.47 Å². The van der Waals surface area contributed by atoms with E-state index in [1.165, 1.54) is 0 Å². The molecular weight excluding hydrogens is 338 g/mol. The third-order valence-electron chi connectivity index (χ3n) is 4.58. The minimum atomic E-state index is -0.820. The molecule has 1 atom stereocenters. The van der Waals surface area contributed by atoms with E-state index in [2.05, 4.69) is 4.90 Å². The van der Waals surface area contributed by atoms with E-state index >= 15 is 0 Å². The third kappa shape index (κ3) is 5.11. The van der Waals surface area contributed by atoms with Crippen molar-refractivity contribution in [3.05, 3.63) is 60.2 Å². The number of piperidine rings is 1. The Morgan fingerprint density at radius 2 is 1.84 bits per heavy atom. The van der Waals surface area contributed by atoms with Crippen molar-refractivity contribution in [1.29, 1.82) is 0 Å². The highest BCUT2D eigenvalue weighted by Gasteiger charge is 2.35. The average molecular weight is 364 g/mol. The fourth-order valence-corrected chi connectivity index (χ4v) is 3.27. The average Bonchev–Trinajstić information content (AvgIpc) is 2.63. The van der Waals surface area contributed by atoms with Gasteiger partial charge in [-0.05, 0) is 49.2 Å². The van der Waals surface area contributed by atoms with E-state index in [1.54, 1.807) is 7.11 Å². The van der Waals surface area contributed by atoms with Crippen LogP contribution < -0.4 is 9.47 Å². The van der Waals surface area contributed by atoms with E-state index in [1.807, 2.05) is 54.6 Å². The minimum Gasteiger partial charge on any atom is -0.497 e. The first-order valence-electron chi connectivity index (χ1n) is 8.47. The molecule has 0 aromatic heterocycles. The largest absolute Gasteiger partial charge is 0.497 e. The van der Waals surface area contributed by atoms with Crippen LogP contribution in [0.4, 0.5) is 0 Å². The fraction of sp³-hybridized carbons (Fsp3) is 0.400. The Labute approximate surface area is 155 Å². The lowest BCUT2D eigenvalue weighted by Crippen LogP contribution is -2.47. The predicted molar refractivity (Wildman–Crippen MR) is 102 cm³/mol. The second-order valence-corrected chi connectivity index (χ2v) is 6.30. The van der Waals surface area contributed by atoms with Gasteiger partial charge in [-0.2, -0.15) is 0 Å². The number of rotatable bonds is 6. The first-order valence-corrected chi connectivity index (χ1v) is 8.47. The summed E-state index contributed by atoms with van der Waals surface area (Å²) in [5.41, 5.74) is 0.107. The molecule has 5 heteroatoms. The Kier molecular flexibility index (Phi) is 7.12. The summed E-state index contributed by atoms with van der Waals surface area (Å²) in [7, 11) is 1.65. The number of hydrogen-bond donors (Lipinski definition) is 1. The smallest absolute Gasteiger partial charge is 0.119 e. The summed E-state index contributed by atoms with van der Waals surface area (Å²) in [4.78, 5) is 2.27. The number of nitrogens with zero attached hydrogens (tertiary/aromatic N) is 1. The lowest BCUT2D eigenvalue weighted by molar-refractivity contribution is -0.0381. The Bertz CT molecular complexity index is 652. The number of para-hydroxylation sites is 1. The quantitative estimate of drug-likeness (QED) is 0.853. The summed E-state index contributed by atoms with van der Waals surface area (Å²) in [6.45, 7) is 3.04. The minimum absolute atomic E-state index is 0. The first-order chi connectivity index (χ1) is 11.7. The van der Waals surface area contributed by atoms with Gasteiger partial charge in [0.1, 0.15) is 23.7 Å². The molecule has 0 spiro atoms. The molecule has 25 heavy (non-hydrogen) atoms. The van der Waals surface area contributed by atoms with E-state index < -0.39 is 5.60 Å². The zero-order chi connectivity index (χ0) is 16.8. The highest BCUT2D eigenvalue weighted by atomic mass is 35.5. The van der Waals surface area contributed by atoms with Crippen LogP contribution in [0, 0.1) is 0 Å². The maximum atomic E-state index is 11.1. The van der Waals surface area contributed by atoms with Gasteiger partial charge in [0, 0.05) is 13.1 Å². The first kappa shape index (κ1) is 19.6. The Morgan fingerprint density at radius 3 is 2.60 bits per heavy atom. The standard InChI is InChI=1S/C20H25NO3.ClH/c1-23-19-10-5-7-17(15-19)20(22)11-6-12-21(16-20)13-14-24-18-8-3-2-4-9-18;/h2-5,7-10,15,22H,6,11-14,16H2,1H3;1H. The summed E-state index contributed by atoms with van der Waals surface area (Å²) in [6, 6.07) is 17.6. The van der Waals surface area contributed by atoms with Crippen molar-refractivity contribution >= 4 is 12.4 Å². The molecule has 2 aromatic rings. The number of aliphatic hydroxyl groups is 1. The summed E-state index contributed by atoms with van der Waals surface area (Å²) in [5, 5.41) is 11.1. The van der Waals surface area contributed by atoms with Crippen LogP contribution in [0.1, 0.15) is 18.4 Å². The normalized spacial score (nSPS) is 20.6. The Hall–Kier alpha value is -1.75. The summed E-state index contributed by atoms with van der Waals surface area (Å²) in [5.74, 6) is 1.67. The molecule has 0 aliphatic carbocycles. The number of likely N-dealkylation sites (tertiary alicyclic amines) is 1. The molecule has 1 heterocycles. The molecule has 0 amide bonds. The number of halogens is 1. The number of hydrogen-bond acceptors (Lipinski definition) is 4. The number of ether oxygens (including phenoxy) is 2. The highest BCUT2D eigenvalue weighted by Crippen LogP contribution is 2.33. The lowest BCUT2D eigenvalue weighted by atomic mass is 9.85. The van der Waals surface area contributed by atoms with Gasteiger partial charge in [0.05, 0.1) is 7.11 Å². The maximum absolute atomic E-state index is 11.1. The van der Waals surface area contributed by atoms with Gasteiger partial charge in [-0.3, -0.25) is 4.90 Å². The van der Waals surface area contributed by atoms with E-state index in [-0.39, 0.29) is 12.4 Å². The fourth-order valence-electron chi connectivity index (χ4n) is 3.27. The van der Waals surface area contributed by atoms with E-state index in [0.717, 1.165) is 43.0 Å².